The highest BCUT2D eigenvalue weighted by molar-refractivity contribution is 5.91. The third kappa shape index (κ3) is 8.74. The number of benzene rings is 4. The van der Waals surface area contributed by atoms with Crippen LogP contribution >= 0.6 is 0 Å². The maximum absolute atomic E-state index is 11.9. The number of aromatic nitrogens is 2. The molecule has 2 saturated heterocycles. The number of fused-ring (bicyclic) bond motifs is 4. The van der Waals surface area contributed by atoms with E-state index < -0.39 is 11.9 Å². The summed E-state index contributed by atoms with van der Waals surface area (Å²) in [5.41, 5.74) is 15.6. The van der Waals surface area contributed by atoms with E-state index in [9.17, 15) is 19.8 Å². The molecule has 348 valence electrons. The van der Waals surface area contributed by atoms with Crippen molar-refractivity contribution in [2.75, 3.05) is 27.3 Å². The quantitative estimate of drug-likeness (QED) is 0.107. The third-order valence-corrected chi connectivity index (χ3v) is 15.7. The number of methoxy groups -OCH3 is 2. The van der Waals surface area contributed by atoms with Gasteiger partial charge in [-0.25, -0.2) is 9.59 Å². The fourth-order valence-electron chi connectivity index (χ4n) is 12.2. The zero-order valence-electron chi connectivity index (χ0n) is 39.8. The second-order valence-corrected chi connectivity index (χ2v) is 19.9. The SMILES string of the molecule is COc1cc(C)c2[nH]ccc2c1CN1CCC(C)CC1c1ccc(C(=O)O)c2c1CCCC2.COc1cc(C)c2[nH]ccc2c1CN1CC[C@@H](C)C[C@H]1c1ccc(C(=O)O)c2c1CCCC2. The first-order valence-electron chi connectivity index (χ1n) is 24.5. The van der Waals surface area contributed by atoms with E-state index in [1.807, 2.05) is 24.5 Å². The maximum atomic E-state index is 11.9. The Balaban J connectivity index is 0.000000166. The summed E-state index contributed by atoms with van der Waals surface area (Å²) in [5, 5.41) is 22.0. The molecule has 2 aromatic heterocycles. The van der Waals surface area contributed by atoms with Crippen LogP contribution in [0.2, 0.25) is 0 Å². The Hall–Kier alpha value is -5.58. The van der Waals surface area contributed by atoms with E-state index in [1.54, 1.807) is 14.2 Å². The van der Waals surface area contributed by atoms with Gasteiger partial charge in [0.15, 0.2) is 0 Å². The normalized spacial score (nSPS) is 21.2. The molecule has 2 unspecified atom stereocenters. The number of aromatic carboxylic acids is 2. The number of carboxylic acid groups (broad SMARTS) is 2. The molecule has 4 N–H and O–H groups in total. The first kappa shape index (κ1) is 45.6. The number of ether oxygens (including phenoxy) is 2. The molecule has 4 heterocycles. The minimum Gasteiger partial charge on any atom is -0.496 e. The average molecular weight is 893 g/mol. The molecule has 0 amide bonds. The molecule has 2 fully saturated rings. The van der Waals surface area contributed by atoms with Gasteiger partial charge in [-0.1, -0.05) is 26.0 Å². The lowest BCUT2D eigenvalue weighted by Gasteiger charge is -2.41. The van der Waals surface area contributed by atoms with Gasteiger partial charge in [-0.3, -0.25) is 9.80 Å². The number of carbonyl (C=O) groups is 2. The molecule has 4 aromatic carbocycles. The molecule has 2 aliphatic heterocycles. The monoisotopic (exact) mass is 893 g/mol. The highest BCUT2D eigenvalue weighted by Gasteiger charge is 2.35. The highest BCUT2D eigenvalue weighted by Crippen LogP contribution is 2.44. The van der Waals surface area contributed by atoms with Crippen LogP contribution in [0.1, 0.15) is 154 Å². The van der Waals surface area contributed by atoms with Crippen molar-refractivity contribution < 1.29 is 29.3 Å². The Morgan fingerprint density at radius 1 is 0.606 bits per heavy atom. The number of likely N-dealkylation sites (tertiary alicyclic amines) is 2. The first-order valence-corrected chi connectivity index (χ1v) is 24.5. The van der Waals surface area contributed by atoms with Crippen LogP contribution in [0.4, 0.5) is 0 Å². The van der Waals surface area contributed by atoms with E-state index >= 15 is 0 Å². The summed E-state index contributed by atoms with van der Waals surface area (Å²) in [6, 6.07) is 17.1. The number of aromatic amines is 2. The largest absolute Gasteiger partial charge is 0.496 e. The highest BCUT2D eigenvalue weighted by atomic mass is 16.5. The van der Waals surface area contributed by atoms with Gasteiger partial charge in [0.05, 0.1) is 25.3 Å². The van der Waals surface area contributed by atoms with Crippen LogP contribution in [0, 0.1) is 25.7 Å². The number of H-pyrrole nitrogens is 2. The van der Waals surface area contributed by atoms with Gasteiger partial charge >= 0.3 is 11.9 Å². The lowest BCUT2D eigenvalue weighted by molar-refractivity contribution is 0.0684. The minimum absolute atomic E-state index is 0.295. The number of nitrogens with zero attached hydrogens (tertiary/aromatic N) is 2. The van der Waals surface area contributed by atoms with Gasteiger partial charge in [0.1, 0.15) is 11.5 Å². The summed E-state index contributed by atoms with van der Waals surface area (Å²) in [6.07, 6.45) is 16.7. The second kappa shape index (κ2) is 19.3. The van der Waals surface area contributed by atoms with Gasteiger partial charge in [-0.2, -0.15) is 0 Å². The lowest BCUT2D eigenvalue weighted by atomic mass is 9.79. The Labute approximate surface area is 389 Å². The average Bonchev–Trinajstić information content (AvgIpc) is 4.03. The van der Waals surface area contributed by atoms with Crippen LogP contribution in [0.15, 0.2) is 60.9 Å². The summed E-state index contributed by atoms with van der Waals surface area (Å²) >= 11 is 0. The number of carboxylic acids is 2. The smallest absolute Gasteiger partial charge is 0.335 e. The molecule has 6 aromatic rings. The molecule has 66 heavy (non-hydrogen) atoms. The van der Waals surface area contributed by atoms with E-state index in [1.165, 1.54) is 79.2 Å². The van der Waals surface area contributed by atoms with Crippen molar-refractivity contribution in [2.45, 2.75) is 130 Å². The molecular weight excluding hydrogens is 825 g/mol. The molecular formula is C56H68N4O6. The van der Waals surface area contributed by atoms with E-state index in [0.717, 1.165) is 113 Å². The number of rotatable bonds is 10. The van der Waals surface area contributed by atoms with E-state index in [2.05, 4.69) is 83.9 Å². The molecule has 0 radical (unpaired) electrons. The van der Waals surface area contributed by atoms with Crippen molar-refractivity contribution in [3.63, 3.8) is 0 Å². The Morgan fingerprint density at radius 2 is 1.00 bits per heavy atom. The molecule has 10 rings (SSSR count). The van der Waals surface area contributed by atoms with Crippen molar-refractivity contribution in [3.05, 3.63) is 128 Å². The third-order valence-electron chi connectivity index (χ3n) is 15.7. The molecule has 10 heteroatoms. The topological polar surface area (TPSA) is 131 Å². The summed E-state index contributed by atoms with van der Waals surface area (Å²) < 4.78 is 11.7. The summed E-state index contributed by atoms with van der Waals surface area (Å²) in [4.78, 5) is 35.8. The van der Waals surface area contributed by atoms with Crippen molar-refractivity contribution in [3.8, 4) is 11.5 Å². The van der Waals surface area contributed by atoms with Crippen LogP contribution in [0.3, 0.4) is 0 Å². The number of nitrogens with one attached hydrogen (secondary N) is 2. The second-order valence-electron chi connectivity index (χ2n) is 19.9. The molecule has 4 aliphatic rings. The van der Waals surface area contributed by atoms with Gasteiger partial charge < -0.3 is 29.7 Å². The van der Waals surface area contributed by atoms with E-state index in [0.29, 0.717) is 35.0 Å². The van der Waals surface area contributed by atoms with E-state index in [4.69, 9.17) is 9.47 Å². The predicted octanol–water partition coefficient (Wildman–Crippen LogP) is 12.1. The number of hydrogen-bond donors (Lipinski definition) is 4. The van der Waals surface area contributed by atoms with Crippen molar-refractivity contribution in [1.82, 2.24) is 19.8 Å². The van der Waals surface area contributed by atoms with Crippen LogP contribution in [0.25, 0.3) is 21.8 Å². The Morgan fingerprint density at radius 3 is 1.38 bits per heavy atom. The van der Waals surface area contributed by atoms with Crippen molar-refractivity contribution in [2.24, 2.45) is 11.8 Å². The maximum Gasteiger partial charge on any atom is 0.335 e. The Bertz CT molecular complexity index is 2580. The van der Waals surface area contributed by atoms with Gasteiger partial charge in [-0.05, 0) is 197 Å². The minimum atomic E-state index is -0.798. The van der Waals surface area contributed by atoms with Crippen molar-refractivity contribution in [1.29, 1.82) is 0 Å². The molecule has 10 nitrogen and oxygen atoms in total. The molecule has 0 saturated carbocycles. The van der Waals surface area contributed by atoms with E-state index in [-0.39, 0.29) is 0 Å². The van der Waals surface area contributed by atoms with Crippen molar-refractivity contribution >= 4 is 33.7 Å². The lowest BCUT2D eigenvalue weighted by Crippen LogP contribution is -2.36. The first-order chi connectivity index (χ1) is 31.9. The molecule has 2 aliphatic carbocycles. The van der Waals surface area contributed by atoms with Gasteiger partial charge in [0, 0.05) is 70.5 Å². The van der Waals surface area contributed by atoms with Crippen LogP contribution in [0.5, 0.6) is 11.5 Å². The van der Waals surface area contributed by atoms with Gasteiger partial charge in [-0.15, -0.1) is 0 Å². The predicted molar refractivity (Wildman–Crippen MR) is 262 cm³/mol. The standard InChI is InChI=1S/2C28H34N2O3/c2*1-17-11-13-30(16-24-22-10-12-29-27(22)18(2)15-26(24)33-3)25(14-17)21-8-9-23(28(31)32)20-7-5-4-6-19(20)21/h2*8-10,12,15,17,25,29H,4-7,11,13-14,16H2,1-3H3,(H,31,32)/t17-,25+;/m1./s1. The van der Waals surface area contributed by atoms with Gasteiger partial charge in [0.25, 0.3) is 0 Å². The fourth-order valence-corrected chi connectivity index (χ4v) is 12.2. The molecule has 0 bridgehead atoms. The molecule has 4 atom stereocenters. The molecule has 0 spiro atoms. The van der Waals surface area contributed by atoms with Crippen LogP contribution in [-0.2, 0) is 38.8 Å². The summed E-state index contributed by atoms with van der Waals surface area (Å²) in [6.45, 7) is 12.6. The Kier molecular flexibility index (Phi) is 13.3. The number of aryl methyl sites for hydroxylation is 2. The fraction of sp³-hybridized carbons (Fsp3) is 0.464. The summed E-state index contributed by atoms with van der Waals surface area (Å²) in [7, 11) is 3.51. The number of piperidine rings is 2. The summed E-state index contributed by atoms with van der Waals surface area (Å²) in [5.74, 6) is 1.59. The van der Waals surface area contributed by atoms with Gasteiger partial charge in [0.2, 0.25) is 0 Å². The van der Waals surface area contributed by atoms with Crippen LogP contribution in [-0.4, -0.2) is 69.2 Å². The zero-order chi connectivity index (χ0) is 46.2. The van der Waals surface area contributed by atoms with Crippen LogP contribution < -0.4 is 9.47 Å². The number of hydrogen-bond acceptors (Lipinski definition) is 6. The zero-order valence-corrected chi connectivity index (χ0v) is 39.8.